The monoisotopic (exact) mass is 473 g/mol. The number of para-hydroxylation sites is 1. The summed E-state index contributed by atoms with van der Waals surface area (Å²) in [6, 6.07) is 22.6. The lowest BCUT2D eigenvalue weighted by atomic mass is 10.2. The van der Waals surface area contributed by atoms with Crippen LogP contribution in [0.4, 0.5) is 0 Å². The summed E-state index contributed by atoms with van der Waals surface area (Å²) in [6.07, 6.45) is 0.317. The van der Waals surface area contributed by atoms with E-state index in [0.717, 1.165) is 4.47 Å². The first-order chi connectivity index (χ1) is 14.0. The minimum absolute atomic E-state index is 0.0342. The van der Waals surface area contributed by atoms with E-state index in [-0.39, 0.29) is 18.2 Å². The Labute approximate surface area is 178 Å². The van der Waals surface area contributed by atoms with Gasteiger partial charge in [0.05, 0.1) is 16.2 Å². The first-order valence-electron chi connectivity index (χ1n) is 9.04. The molecule has 5 nitrogen and oxygen atoms in total. The van der Waals surface area contributed by atoms with Gasteiger partial charge in [0.1, 0.15) is 11.5 Å². The molecule has 3 aromatic carbocycles. The van der Waals surface area contributed by atoms with Crippen LogP contribution in [0.3, 0.4) is 0 Å². The number of rotatable bonds is 8. The number of nitrogens with one attached hydrogen (secondary N) is 1. The highest BCUT2D eigenvalue weighted by Gasteiger charge is 2.15. The standard InChI is InChI=1S/C22H20BrNO4S/c23-17-8-6-9-18(16-17)28-21-13-5-4-12-20(21)22(25)24-14-7-15-29(26,27)19-10-2-1-3-11-19/h1-6,8-13,16H,7,14-15H2,(H,24,25). The number of hydrogen-bond donors (Lipinski definition) is 1. The summed E-state index contributed by atoms with van der Waals surface area (Å²) in [4.78, 5) is 12.9. The molecule has 0 heterocycles. The van der Waals surface area contributed by atoms with Crippen molar-refractivity contribution in [1.82, 2.24) is 5.32 Å². The fourth-order valence-electron chi connectivity index (χ4n) is 2.71. The van der Waals surface area contributed by atoms with Gasteiger partial charge in [-0.05, 0) is 48.9 Å². The van der Waals surface area contributed by atoms with Crippen LogP contribution in [0.1, 0.15) is 16.8 Å². The van der Waals surface area contributed by atoms with Crippen molar-refractivity contribution >= 4 is 31.7 Å². The van der Waals surface area contributed by atoms with Gasteiger partial charge in [0.2, 0.25) is 0 Å². The molecule has 1 amide bonds. The zero-order valence-corrected chi connectivity index (χ0v) is 17.9. The summed E-state index contributed by atoms with van der Waals surface area (Å²) in [5.74, 6) is 0.689. The van der Waals surface area contributed by atoms with Crippen molar-refractivity contribution in [2.45, 2.75) is 11.3 Å². The molecule has 0 saturated heterocycles. The van der Waals surface area contributed by atoms with Gasteiger partial charge in [-0.2, -0.15) is 0 Å². The number of carbonyl (C=O) groups excluding carboxylic acids is 1. The van der Waals surface area contributed by atoms with Crippen molar-refractivity contribution < 1.29 is 17.9 Å². The number of halogens is 1. The van der Waals surface area contributed by atoms with Crippen LogP contribution in [-0.4, -0.2) is 26.6 Å². The minimum atomic E-state index is -3.36. The van der Waals surface area contributed by atoms with Gasteiger partial charge in [0.25, 0.3) is 5.91 Å². The van der Waals surface area contributed by atoms with Gasteiger partial charge in [-0.15, -0.1) is 0 Å². The lowest BCUT2D eigenvalue weighted by Crippen LogP contribution is -2.26. The van der Waals surface area contributed by atoms with E-state index >= 15 is 0 Å². The van der Waals surface area contributed by atoms with E-state index in [4.69, 9.17) is 4.74 Å². The van der Waals surface area contributed by atoms with Crippen LogP contribution in [0.25, 0.3) is 0 Å². The molecule has 0 aliphatic carbocycles. The zero-order valence-electron chi connectivity index (χ0n) is 15.5. The molecule has 29 heavy (non-hydrogen) atoms. The van der Waals surface area contributed by atoms with E-state index in [1.807, 2.05) is 18.2 Å². The average molecular weight is 474 g/mol. The first-order valence-corrected chi connectivity index (χ1v) is 11.5. The largest absolute Gasteiger partial charge is 0.456 e. The molecule has 3 aromatic rings. The van der Waals surface area contributed by atoms with Crippen molar-refractivity contribution in [3.8, 4) is 11.5 Å². The summed E-state index contributed by atoms with van der Waals surface area (Å²) < 4.78 is 31.3. The molecular weight excluding hydrogens is 454 g/mol. The highest BCUT2D eigenvalue weighted by atomic mass is 79.9. The first kappa shape index (κ1) is 21.1. The molecule has 0 atom stereocenters. The maximum absolute atomic E-state index is 12.6. The molecule has 0 aliphatic heterocycles. The van der Waals surface area contributed by atoms with Crippen molar-refractivity contribution in [2.24, 2.45) is 0 Å². The fraction of sp³-hybridized carbons (Fsp3) is 0.136. The zero-order chi connectivity index (χ0) is 20.7. The molecule has 0 unspecified atom stereocenters. The Morgan fingerprint density at radius 1 is 0.931 bits per heavy atom. The van der Waals surface area contributed by atoms with Crippen LogP contribution < -0.4 is 10.1 Å². The van der Waals surface area contributed by atoms with Gasteiger partial charge in [0, 0.05) is 11.0 Å². The molecular formula is C22H20BrNO4S. The number of benzene rings is 3. The third-order valence-corrected chi connectivity index (χ3v) is 6.44. The Kier molecular flexibility index (Phi) is 7.06. The van der Waals surface area contributed by atoms with Gasteiger partial charge < -0.3 is 10.1 Å². The van der Waals surface area contributed by atoms with Crippen LogP contribution in [-0.2, 0) is 9.84 Å². The van der Waals surface area contributed by atoms with E-state index in [1.165, 1.54) is 0 Å². The SMILES string of the molecule is O=C(NCCCS(=O)(=O)c1ccccc1)c1ccccc1Oc1cccc(Br)c1. The highest BCUT2D eigenvalue weighted by molar-refractivity contribution is 9.10. The van der Waals surface area contributed by atoms with Gasteiger partial charge in [0.15, 0.2) is 9.84 Å². The Morgan fingerprint density at radius 3 is 2.41 bits per heavy atom. The average Bonchev–Trinajstić information content (AvgIpc) is 2.72. The molecule has 3 rings (SSSR count). The summed E-state index contributed by atoms with van der Waals surface area (Å²) in [6.45, 7) is 0.246. The number of carbonyl (C=O) groups is 1. The van der Waals surface area contributed by atoms with E-state index in [0.29, 0.717) is 28.4 Å². The molecule has 1 N–H and O–H groups in total. The number of amides is 1. The van der Waals surface area contributed by atoms with Crippen LogP contribution in [0.15, 0.2) is 88.2 Å². The summed E-state index contributed by atoms with van der Waals surface area (Å²) in [5.41, 5.74) is 0.387. The maximum atomic E-state index is 12.6. The fourth-order valence-corrected chi connectivity index (χ4v) is 4.42. The molecule has 0 radical (unpaired) electrons. The van der Waals surface area contributed by atoms with Gasteiger partial charge in [-0.3, -0.25) is 4.79 Å². The van der Waals surface area contributed by atoms with Crippen LogP contribution >= 0.6 is 15.9 Å². The quantitative estimate of drug-likeness (QED) is 0.475. The minimum Gasteiger partial charge on any atom is -0.456 e. The van der Waals surface area contributed by atoms with E-state index in [1.54, 1.807) is 60.7 Å². The third-order valence-electron chi connectivity index (χ3n) is 4.13. The molecule has 150 valence electrons. The molecule has 0 bridgehead atoms. The van der Waals surface area contributed by atoms with E-state index < -0.39 is 9.84 Å². The van der Waals surface area contributed by atoms with Crippen LogP contribution in [0, 0.1) is 0 Å². The summed E-state index contributed by atoms with van der Waals surface area (Å²) >= 11 is 3.39. The second-order valence-electron chi connectivity index (χ2n) is 6.30. The van der Waals surface area contributed by atoms with Gasteiger partial charge in [-0.1, -0.05) is 52.3 Å². The van der Waals surface area contributed by atoms with Gasteiger partial charge >= 0.3 is 0 Å². The van der Waals surface area contributed by atoms with Crippen molar-refractivity contribution in [3.63, 3.8) is 0 Å². The molecule has 0 aliphatic rings. The maximum Gasteiger partial charge on any atom is 0.255 e. The summed E-state index contributed by atoms with van der Waals surface area (Å²) in [7, 11) is -3.36. The van der Waals surface area contributed by atoms with Crippen LogP contribution in [0.5, 0.6) is 11.5 Å². The lowest BCUT2D eigenvalue weighted by Gasteiger charge is -2.12. The predicted octanol–water partition coefficient (Wildman–Crippen LogP) is 4.84. The second-order valence-corrected chi connectivity index (χ2v) is 9.32. The molecule has 0 spiro atoms. The highest BCUT2D eigenvalue weighted by Crippen LogP contribution is 2.27. The Hall–Kier alpha value is -2.64. The lowest BCUT2D eigenvalue weighted by molar-refractivity contribution is 0.0951. The topological polar surface area (TPSA) is 72.5 Å². The van der Waals surface area contributed by atoms with Crippen molar-refractivity contribution in [1.29, 1.82) is 0 Å². The smallest absolute Gasteiger partial charge is 0.255 e. The van der Waals surface area contributed by atoms with E-state index in [9.17, 15) is 13.2 Å². The third kappa shape index (κ3) is 5.92. The number of hydrogen-bond acceptors (Lipinski definition) is 4. The van der Waals surface area contributed by atoms with Crippen LogP contribution in [0.2, 0.25) is 0 Å². The Bertz CT molecular complexity index is 1080. The van der Waals surface area contributed by atoms with Crippen molar-refractivity contribution in [3.05, 3.63) is 88.9 Å². The molecule has 0 aromatic heterocycles. The normalized spacial score (nSPS) is 11.1. The predicted molar refractivity (Wildman–Crippen MR) is 116 cm³/mol. The Balaban J connectivity index is 1.59. The van der Waals surface area contributed by atoms with Gasteiger partial charge in [-0.25, -0.2) is 8.42 Å². The van der Waals surface area contributed by atoms with E-state index in [2.05, 4.69) is 21.2 Å². The molecule has 0 saturated carbocycles. The molecule has 7 heteroatoms. The molecule has 0 fully saturated rings. The summed E-state index contributed by atoms with van der Waals surface area (Å²) in [5, 5.41) is 2.77. The second kappa shape index (κ2) is 9.71. The number of sulfone groups is 1. The number of ether oxygens (including phenoxy) is 1. The Morgan fingerprint density at radius 2 is 1.66 bits per heavy atom. The van der Waals surface area contributed by atoms with Crippen molar-refractivity contribution in [2.75, 3.05) is 12.3 Å².